The molecule has 0 radical (unpaired) electrons. The van der Waals surface area contributed by atoms with Crippen LogP contribution in [-0.2, 0) is 9.59 Å². The molecule has 0 saturated heterocycles. The van der Waals surface area contributed by atoms with Crippen molar-refractivity contribution in [2.45, 2.75) is 97.4 Å². The summed E-state index contributed by atoms with van der Waals surface area (Å²) < 4.78 is 0. The molecule has 0 aliphatic heterocycles. The van der Waals surface area contributed by atoms with Crippen molar-refractivity contribution in [1.82, 2.24) is 10.6 Å². The predicted molar refractivity (Wildman–Crippen MR) is 119 cm³/mol. The van der Waals surface area contributed by atoms with Crippen LogP contribution in [0.15, 0.2) is 0 Å². The number of rotatable bonds is 5. The van der Waals surface area contributed by atoms with Crippen molar-refractivity contribution < 1.29 is 9.59 Å². The van der Waals surface area contributed by atoms with Crippen molar-refractivity contribution in [2.24, 2.45) is 46.3 Å². The van der Waals surface area contributed by atoms with Gasteiger partial charge in [-0.05, 0) is 92.3 Å². The Labute approximate surface area is 182 Å². The molecule has 0 aromatic carbocycles. The fourth-order valence-electron chi connectivity index (χ4n) is 8.74. The highest BCUT2D eigenvalue weighted by molar-refractivity contribution is 5.80. The van der Waals surface area contributed by atoms with Gasteiger partial charge in [0.1, 0.15) is 0 Å². The van der Waals surface area contributed by atoms with Gasteiger partial charge in [-0.15, -0.1) is 0 Å². The van der Waals surface area contributed by atoms with E-state index in [2.05, 4.69) is 31.4 Å². The van der Waals surface area contributed by atoms with Crippen molar-refractivity contribution in [3.8, 4) is 0 Å². The van der Waals surface area contributed by atoms with E-state index in [9.17, 15) is 9.59 Å². The second-order valence-electron chi connectivity index (χ2n) is 13.0. The zero-order valence-corrected chi connectivity index (χ0v) is 19.3. The number of nitrogens with one attached hydrogen (secondary N) is 2. The predicted octanol–water partition coefficient (Wildman–Crippen LogP) is 4.68. The molecule has 168 valence electrons. The molecule has 2 N–H and O–H groups in total. The van der Waals surface area contributed by atoms with Crippen LogP contribution in [0.2, 0.25) is 0 Å². The van der Waals surface area contributed by atoms with Crippen LogP contribution in [0.1, 0.15) is 91.4 Å². The molecular formula is C26H42N2O2. The third kappa shape index (κ3) is 4.05. The Morgan fingerprint density at radius 1 is 0.800 bits per heavy atom. The average Bonchev–Trinajstić information content (AvgIpc) is 3.45. The fraction of sp³-hybridized carbons (Fsp3) is 0.923. The van der Waals surface area contributed by atoms with Crippen LogP contribution >= 0.6 is 0 Å². The molecule has 5 fully saturated rings. The lowest BCUT2D eigenvalue weighted by Crippen LogP contribution is -2.52. The quantitative estimate of drug-likeness (QED) is 0.686. The van der Waals surface area contributed by atoms with E-state index < -0.39 is 0 Å². The Balaban J connectivity index is 1.18. The Morgan fingerprint density at radius 3 is 1.93 bits per heavy atom. The van der Waals surface area contributed by atoms with Crippen molar-refractivity contribution >= 4 is 11.8 Å². The first-order chi connectivity index (χ1) is 14.2. The van der Waals surface area contributed by atoms with Crippen molar-refractivity contribution in [3.05, 3.63) is 0 Å². The number of amides is 2. The van der Waals surface area contributed by atoms with Gasteiger partial charge in [0.25, 0.3) is 0 Å². The minimum Gasteiger partial charge on any atom is -0.355 e. The highest BCUT2D eigenvalue weighted by atomic mass is 16.2. The van der Waals surface area contributed by atoms with Gasteiger partial charge in [-0.3, -0.25) is 9.59 Å². The molecule has 0 unspecified atom stereocenters. The number of carbonyl (C=O) groups excluding carboxylic acids is 2. The first-order valence-electron chi connectivity index (χ1n) is 12.8. The van der Waals surface area contributed by atoms with Crippen LogP contribution in [0, 0.1) is 46.3 Å². The van der Waals surface area contributed by atoms with E-state index in [-0.39, 0.29) is 28.7 Å². The van der Waals surface area contributed by atoms with E-state index in [0.29, 0.717) is 23.7 Å². The summed E-state index contributed by atoms with van der Waals surface area (Å²) in [5.74, 6) is 4.03. The van der Waals surface area contributed by atoms with Gasteiger partial charge in [0.15, 0.2) is 0 Å². The fourth-order valence-corrected chi connectivity index (χ4v) is 8.74. The van der Waals surface area contributed by atoms with E-state index >= 15 is 0 Å². The first-order valence-corrected chi connectivity index (χ1v) is 12.8. The van der Waals surface area contributed by atoms with Crippen LogP contribution in [-0.4, -0.2) is 24.4 Å². The zero-order valence-electron chi connectivity index (χ0n) is 19.3. The Bertz CT molecular complexity index is 703. The second-order valence-corrected chi connectivity index (χ2v) is 13.0. The maximum atomic E-state index is 13.1. The Kier molecular flexibility index (Phi) is 5.22. The molecule has 5 aliphatic rings. The molecule has 30 heavy (non-hydrogen) atoms. The average molecular weight is 415 g/mol. The van der Waals surface area contributed by atoms with E-state index in [1.165, 1.54) is 38.5 Å². The largest absolute Gasteiger partial charge is 0.355 e. The van der Waals surface area contributed by atoms with Gasteiger partial charge in [-0.1, -0.05) is 33.6 Å². The minimum absolute atomic E-state index is 0.0572. The maximum Gasteiger partial charge on any atom is 0.223 e. The minimum atomic E-state index is 0.0572. The molecular weight excluding hydrogens is 372 g/mol. The molecule has 4 nitrogen and oxygen atoms in total. The lowest BCUT2D eigenvalue weighted by atomic mass is 9.62. The molecule has 4 bridgehead atoms. The zero-order chi connectivity index (χ0) is 21.1. The molecule has 0 aromatic rings. The molecule has 4 heteroatoms. The van der Waals surface area contributed by atoms with Gasteiger partial charge >= 0.3 is 0 Å². The normalized spacial score (nSPS) is 46.2. The second kappa shape index (κ2) is 7.52. The van der Waals surface area contributed by atoms with Crippen LogP contribution in [0.4, 0.5) is 0 Å². The van der Waals surface area contributed by atoms with Crippen LogP contribution in [0.25, 0.3) is 0 Å². The summed E-state index contributed by atoms with van der Waals surface area (Å²) in [4.78, 5) is 26.0. The number of hydrogen-bond acceptors (Lipinski definition) is 2. The first kappa shape index (κ1) is 20.8. The molecule has 0 heterocycles. The lowest BCUT2D eigenvalue weighted by molar-refractivity contribution is -0.129. The molecule has 5 rings (SSSR count). The monoisotopic (exact) mass is 414 g/mol. The summed E-state index contributed by atoms with van der Waals surface area (Å²) in [6.45, 7) is 7.74. The van der Waals surface area contributed by atoms with Crippen molar-refractivity contribution in [1.29, 1.82) is 0 Å². The molecule has 2 amide bonds. The summed E-state index contributed by atoms with van der Waals surface area (Å²) in [5.41, 5.74) is 0.248. The van der Waals surface area contributed by atoms with Gasteiger partial charge < -0.3 is 10.6 Å². The maximum absolute atomic E-state index is 13.1. The number of carbonyl (C=O) groups is 2. The Morgan fingerprint density at radius 2 is 1.40 bits per heavy atom. The molecule has 8 atom stereocenters. The summed E-state index contributed by atoms with van der Waals surface area (Å²) in [7, 11) is 0. The summed E-state index contributed by atoms with van der Waals surface area (Å²) in [6.07, 6.45) is 13.1. The third-order valence-electron chi connectivity index (χ3n) is 9.63. The van der Waals surface area contributed by atoms with E-state index in [4.69, 9.17) is 0 Å². The molecule has 5 aliphatic carbocycles. The van der Waals surface area contributed by atoms with Gasteiger partial charge in [0, 0.05) is 24.4 Å². The standard InChI is InChI=1S/C26H42N2O2/c1-25(2)12-20(28-24(30)22-11-17-5-7-19(22)9-17)13-26(3,14-25)15-27-23(29)21-10-16-4-6-18(21)8-16/h16-22H,4-15H2,1-3H3,(H,27,29)(H,28,30)/t16-,17-,18-,19-,20-,21+,22+,26+/m0/s1. The van der Waals surface area contributed by atoms with Gasteiger partial charge in [-0.2, -0.15) is 0 Å². The molecule has 0 spiro atoms. The molecule has 0 aromatic heterocycles. The van der Waals surface area contributed by atoms with Crippen LogP contribution in [0.3, 0.4) is 0 Å². The summed E-state index contributed by atoms with van der Waals surface area (Å²) in [6, 6.07) is 0.241. The van der Waals surface area contributed by atoms with Crippen LogP contribution in [0.5, 0.6) is 0 Å². The number of hydrogen-bond donors (Lipinski definition) is 2. The summed E-state index contributed by atoms with van der Waals surface area (Å²) in [5, 5.41) is 6.83. The lowest BCUT2D eigenvalue weighted by Gasteiger charge is -2.47. The molecule has 5 saturated carbocycles. The SMILES string of the molecule is CC1(C)C[C@H](NC(=O)[C@@H]2C[C@H]3CC[C@H]2C3)C[C@@](C)(CNC(=O)[C@@H]2C[C@H]3CC[C@H]2C3)C1. The van der Waals surface area contributed by atoms with E-state index in [1.54, 1.807) is 0 Å². The van der Waals surface area contributed by atoms with Crippen molar-refractivity contribution in [3.63, 3.8) is 0 Å². The smallest absolute Gasteiger partial charge is 0.223 e. The van der Waals surface area contributed by atoms with E-state index in [0.717, 1.165) is 50.5 Å². The highest BCUT2D eigenvalue weighted by Gasteiger charge is 2.47. The highest BCUT2D eigenvalue weighted by Crippen LogP contribution is 2.50. The van der Waals surface area contributed by atoms with Crippen LogP contribution < -0.4 is 10.6 Å². The summed E-state index contributed by atoms with van der Waals surface area (Å²) >= 11 is 0. The number of fused-ring (bicyclic) bond motifs is 4. The third-order valence-corrected chi connectivity index (χ3v) is 9.63. The topological polar surface area (TPSA) is 58.2 Å². The van der Waals surface area contributed by atoms with Crippen molar-refractivity contribution in [2.75, 3.05) is 6.54 Å². The van der Waals surface area contributed by atoms with Gasteiger partial charge in [0.05, 0.1) is 0 Å². The van der Waals surface area contributed by atoms with Gasteiger partial charge in [-0.25, -0.2) is 0 Å². The Hall–Kier alpha value is -1.06. The van der Waals surface area contributed by atoms with Gasteiger partial charge in [0.2, 0.25) is 11.8 Å². The van der Waals surface area contributed by atoms with E-state index in [1.807, 2.05) is 0 Å².